The topological polar surface area (TPSA) is 69.6 Å². The molecule has 27 heavy (non-hydrogen) atoms. The molecule has 1 aliphatic heterocycles. The highest BCUT2D eigenvalue weighted by molar-refractivity contribution is 14.0. The second-order valence-electron chi connectivity index (χ2n) is 6.17. The number of hydrogen-bond acceptors (Lipinski definition) is 5. The lowest BCUT2D eigenvalue weighted by atomic mass is 10.1. The summed E-state index contributed by atoms with van der Waals surface area (Å²) in [6.45, 7) is 7.26. The fourth-order valence-electron chi connectivity index (χ4n) is 2.85. The molecule has 148 valence electrons. The number of fused-ring (bicyclic) bond motifs is 1. The van der Waals surface area contributed by atoms with Crippen molar-refractivity contribution in [3.8, 4) is 0 Å². The summed E-state index contributed by atoms with van der Waals surface area (Å²) in [6, 6.07) is 2.12. The van der Waals surface area contributed by atoms with E-state index in [9.17, 15) is 4.79 Å². The van der Waals surface area contributed by atoms with Crippen molar-refractivity contribution >= 4 is 58.5 Å². The van der Waals surface area contributed by atoms with E-state index < -0.39 is 0 Å². The number of aryl methyl sites for hydroxylation is 1. The zero-order valence-corrected chi connectivity index (χ0v) is 19.6. The van der Waals surface area contributed by atoms with Gasteiger partial charge in [0.25, 0.3) is 0 Å². The number of halogens is 1. The molecule has 2 aromatic heterocycles. The molecule has 0 unspecified atom stereocenters. The Labute approximate surface area is 185 Å². The Morgan fingerprint density at radius 3 is 3.00 bits per heavy atom. The minimum Gasteiger partial charge on any atom is -0.357 e. The standard InChI is InChI=1S/C18H25N5OS2.HI/c1-3-19-18(20-7-4-16-21-10-13(2)26-16)22-11-17(24)23-8-5-15-14(12-23)6-9-25-15;/h6,9-10H,3-5,7-8,11-12H2,1-2H3,(H2,19,20,22);1H. The van der Waals surface area contributed by atoms with Gasteiger partial charge in [-0.15, -0.1) is 46.7 Å². The smallest absolute Gasteiger partial charge is 0.244 e. The summed E-state index contributed by atoms with van der Waals surface area (Å²) in [5, 5.41) is 9.70. The molecule has 6 nitrogen and oxygen atoms in total. The van der Waals surface area contributed by atoms with Crippen LogP contribution in [0.25, 0.3) is 0 Å². The summed E-state index contributed by atoms with van der Waals surface area (Å²) in [7, 11) is 0. The lowest BCUT2D eigenvalue weighted by molar-refractivity contribution is -0.130. The fourth-order valence-corrected chi connectivity index (χ4v) is 4.53. The summed E-state index contributed by atoms with van der Waals surface area (Å²) in [5.74, 6) is 0.761. The predicted molar refractivity (Wildman–Crippen MR) is 123 cm³/mol. The number of aromatic nitrogens is 1. The van der Waals surface area contributed by atoms with Crippen molar-refractivity contribution in [3.05, 3.63) is 38.0 Å². The lowest BCUT2D eigenvalue weighted by Crippen LogP contribution is -2.40. The molecule has 0 fully saturated rings. The first kappa shape index (κ1) is 22.1. The van der Waals surface area contributed by atoms with E-state index >= 15 is 0 Å². The molecule has 2 aromatic rings. The van der Waals surface area contributed by atoms with Gasteiger partial charge in [-0.1, -0.05) is 0 Å². The van der Waals surface area contributed by atoms with Crippen LogP contribution in [0.1, 0.15) is 27.2 Å². The van der Waals surface area contributed by atoms with Crippen LogP contribution in [-0.4, -0.2) is 47.9 Å². The Morgan fingerprint density at radius 1 is 1.41 bits per heavy atom. The van der Waals surface area contributed by atoms with Gasteiger partial charge in [-0.3, -0.25) is 4.79 Å². The summed E-state index contributed by atoms with van der Waals surface area (Å²) in [5.41, 5.74) is 1.28. The van der Waals surface area contributed by atoms with Gasteiger partial charge in [0.05, 0.1) is 5.01 Å². The van der Waals surface area contributed by atoms with Crippen molar-refractivity contribution < 1.29 is 4.79 Å². The normalized spacial score (nSPS) is 13.7. The molecule has 0 aliphatic carbocycles. The van der Waals surface area contributed by atoms with E-state index in [-0.39, 0.29) is 36.4 Å². The molecule has 1 aliphatic rings. The molecule has 1 amide bonds. The van der Waals surface area contributed by atoms with Crippen LogP contribution in [0.4, 0.5) is 0 Å². The Morgan fingerprint density at radius 2 is 2.26 bits per heavy atom. The van der Waals surface area contributed by atoms with Gasteiger partial charge in [-0.2, -0.15) is 0 Å². The number of thiazole rings is 1. The van der Waals surface area contributed by atoms with E-state index in [0.717, 1.165) is 37.5 Å². The number of rotatable bonds is 6. The van der Waals surface area contributed by atoms with Crippen LogP contribution in [0.5, 0.6) is 0 Å². The first-order valence-corrected chi connectivity index (χ1v) is 10.6. The van der Waals surface area contributed by atoms with E-state index in [1.165, 1.54) is 15.3 Å². The molecule has 9 heteroatoms. The van der Waals surface area contributed by atoms with Crippen molar-refractivity contribution in [1.29, 1.82) is 0 Å². The highest BCUT2D eigenvalue weighted by atomic mass is 127. The first-order chi connectivity index (χ1) is 12.7. The quantitative estimate of drug-likeness (QED) is 0.350. The molecular weight excluding hydrogens is 493 g/mol. The second-order valence-corrected chi connectivity index (χ2v) is 8.49. The van der Waals surface area contributed by atoms with Gasteiger partial charge in [-0.05, 0) is 37.3 Å². The van der Waals surface area contributed by atoms with Crippen molar-refractivity contribution in [2.24, 2.45) is 4.99 Å². The van der Waals surface area contributed by atoms with Crippen molar-refractivity contribution in [2.45, 2.75) is 33.2 Å². The number of thiophene rings is 1. The van der Waals surface area contributed by atoms with Gasteiger partial charge in [0, 0.05) is 48.6 Å². The monoisotopic (exact) mass is 519 g/mol. The summed E-state index contributed by atoms with van der Waals surface area (Å²) < 4.78 is 0. The molecule has 0 aromatic carbocycles. The Bertz CT molecular complexity index is 773. The predicted octanol–water partition coefficient (Wildman–Crippen LogP) is 2.81. The molecule has 0 saturated heterocycles. The summed E-state index contributed by atoms with van der Waals surface area (Å²) >= 11 is 3.50. The van der Waals surface area contributed by atoms with Gasteiger partial charge < -0.3 is 15.5 Å². The van der Waals surface area contributed by atoms with Crippen molar-refractivity contribution in [1.82, 2.24) is 20.5 Å². The third-order valence-electron chi connectivity index (χ3n) is 4.18. The van der Waals surface area contributed by atoms with Crippen LogP contribution in [-0.2, 0) is 24.2 Å². The molecule has 0 radical (unpaired) electrons. The average molecular weight is 519 g/mol. The molecule has 3 rings (SSSR count). The molecule has 0 saturated carbocycles. The Kier molecular flexibility index (Phi) is 8.97. The number of hydrogen-bond donors (Lipinski definition) is 2. The maximum Gasteiger partial charge on any atom is 0.244 e. The maximum absolute atomic E-state index is 12.5. The van der Waals surface area contributed by atoms with Gasteiger partial charge in [0.15, 0.2) is 5.96 Å². The van der Waals surface area contributed by atoms with Gasteiger partial charge in [-0.25, -0.2) is 9.98 Å². The van der Waals surface area contributed by atoms with E-state index in [0.29, 0.717) is 12.5 Å². The maximum atomic E-state index is 12.5. The van der Waals surface area contributed by atoms with Gasteiger partial charge in [0.2, 0.25) is 5.91 Å². The summed E-state index contributed by atoms with van der Waals surface area (Å²) in [4.78, 5) is 25.9. The number of guanidine groups is 1. The fraction of sp³-hybridized carbons (Fsp3) is 0.500. The lowest BCUT2D eigenvalue weighted by Gasteiger charge is -2.26. The number of nitrogens with one attached hydrogen (secondary N) is 2. The van der Waals surface area contributed by atoms with Gasteiger partial charge in [0.1, 0.15) is 6.54 Å². The average Bonchev–Trinajstić information content (AvgIpc) is 3.27. The van der Waals surface area contributed by atoms with E-state index in [4.69, 9.17) is 0 Å². The molecular formula is C18H26IN5OS2. The van der Waals surface area contributed by atoms with E-state index in [1.807, 2.05) is 18.0 Å². The third kappa shape index (κ3) is 6.42. The third-order valence-corrected chi connectivity index (χ3v) is 6.17. The number of amides is 1. The first-order valence-electron chi connectivity index (χ1n) is 8.92. The van der Waals surface area contributed by atoms with Crippen LogP contribution in [0.3, 0.4) is 0 Å². The van der Waals surface area contributed by atoms with Gasteiger partial charge >= 0.3 is 0 Å². The number of carbonyl (C=O) groups excluding carboxylic acids is 1. The number of carbonyl (C=O) groups is 1. The minimum absolute atomic E-state index is 0. The van der Waals surface area contributed by atoms with Crippen LogP contribution in [0.15, 0.2) is 22.6 Å². The molecule has 3 heterocycles. The van der Waals surface area contributed by atoms with Crippen molar-refractivity contribution in [3.63, 3.8) is 0 Å². The highest BCUT2D eigenvalue weighted by Crippen LogP contribution is 2.23. The van der Waals surface area contributed by atoms with E-state index in [1.54, 1.807) is 22.7 Å². The Balaban J connectivity index is 0.00000261. The Hall–Kier alpha value is -1.20. The van der Waals surface area contributed by atoms with Crippen LogP contribution < -0.4 is 10.6 Å². The number of nitrogens with zero attached hydrogens (tertiary/aromatic N) is 3. The van der Waals surface area contributed by atoms with E-state index in [2.05, 4.69) is 39.0 Å². The highest BCUT2D eigenvalue weighted by Gasteiger charge is 2.21. The van der Waals surface area contributed by atoms with Crippen molar-refractivity contribution in [2.75, 3.05) is 26.2 Å². The largest absolute Gasteiger partial charge is 0.357 e. The summed E-state index contributed by atoms with van der Waals surface area (Å²) in [6.07, 6.45) is 3.70. The SMILES string of the molecule is CCNC(=NCC(=O)N1CCc2sccc2C1)NCCc1ncc(C)s1.I. The minimum atomic E-state index is 0. The zero-order valence-electron chi connectivity index (χ0n) is 15.7. The molecule has 2 N–H and O–H groups in total. The molecule has 0 bridgehead atoms. The molecule has 0 atom stereocenters. The molecule has 0 spiro atoms. The second kappa shape index (κ2) is 11.0. The van der Waals surface area contributed by atoms with Crippen LogP contribution in [0.2, 0.25) is 0 Å². The zero-order chi connectivity index (χ0) is 18.4. The van der Waals surface area contributed by atoms with Crippen LogP contribution >= 0.6 is 46.7 Å². The van der Waals surface area contributed by atoms with Crippen LogP contribution in [0, 0.1) is 6.92 Å². The number of aliphatic imine (C=N–C) groups is 1.